The van der Waals surface area contributed by atoms with Crippen LogP contribution in [0.15, 0.2) is 53.5 Å². The Hall–Kier alpha value is -3.26. The van der Waals surface area contributed by atoms with Gasteiger partial charge in [-0.05, 0) is 42.3 Å². The number of para-hydroxylation sites is 1. The van der Waals surface area contributed by atoms with Gasteiger partial charge in [0.1, 0.15) is 11.3 Å². The van der Waals surface area contributed by atoms with Crippen LogP contribution in [0.4, 0.5) is 5.69 Å². The third-order valence-electron chi connectivity index (χ3n) is 4.06. The van der Waals surface area contributed by atoms with Crippen molar-refractivity contribution in [1.82, 2.24) is 4.57 Å². The van der Waals surface area contributed by atoms with Gasteiger partial charge in [0.05, 0.1) is 16.7 Å². The first-order chi connectivity index (χ1) is 13.5. The third kappa shape index (κ3) is 4.17. The van der Waals surface area contributed by atoms with E-state index >= 15 is 0 Å². The molecule has 0 aliphatic carbocycles. The van der Waals surface area contributed by atoms with Gasteiger partial charge in [-0.1, -0.05) is 24.3 Å². The van der Waals surface area contributed by atoms with Gasteiger partial charge in [-0.25, -0.2) is 0 Å². The number of carbonyl (C=O) groups is 1. The molecule has 3 aromatic rings. The molecule has 0 saturated heterocycles. The fourth-order valence-electron chi connectivity index (χ4n) is 2.78. The predicted octanol–water partition coefficient (Wildman–Crippen LogP) is 4.17. The van der Waals surface area contributed by atoms with Crippen molar-refractivity contribution in [3.8, 4) is 5.75 Å². The number of nitro benzene ring substituents is 1. The molecule has 0 spiro atoms. The molecule has 0 aliphatic heterocycles. The van der Waals surface area contributed by atoms with Gasteiger partial charge in [-0.15, -0.1) is 0 Å². The number of non-ortho nitro benzene ring substituents is 1. The minimum atomic E-state index is -0.462. The molecule has 1 amide bonds. The first-order valence-electron chi connectivity index (χ1n) is 8.71. The summed E-state index contributed by atoms with van der Waals surface area (Å²) in [5.41, 5.74) is 1.63. The molecule has 0 aliphatic rings. The summed E-state index contributed by atoms with van der Waals surface area (Å²) < 4.78 is 8.46. The Kier molecular flexibility index (Phi) is 6.00. The molecule has 0 bridgehead atoms. The maximum Gasteiger partial charge on any atom is 0.272 e. The second-order valence-electron chi connectivity index (χ2n) is 5.98. The lowest BCUT2D eigenvalue weighted by atomic mass is 10.2. The Labute approximate surface area is 165 Å². The van der Waals surface area contributed by atoms with Crippen LogP contribution in [0.5, 0.6) is 5.75 Å². The molecule has 7 nitrogen and oxygen atoms in total. The fourth-order valence-corrected chi connectivity index (χ4v) is 3.86. The van der Waals surface area contributed by atoms with Crippen LogP contribution >= 0.6 is 11.3 Å². The quantitative estimate of drug-likeness (QED) is 0.355. The van der Waals surface area contributed by atoms with Gasteiger partial charge < -0.3 is 9.30 Å². The van der Waals surface area contributed by atoms with Crippen molar-refractivity contribution in [1.29, 1.82) is 0 Å². The Morgan fingerprint density at radius 2 is 2.04 bits per heavy atom. The maximum absolute atomic E-state index is 12.3. The number of aromatic nitrogens is 1. The molecule has 8 heteroatoms. The monoisotopic (exact) mass is 397 g/mol. The normalized spacial score (nSPS) is 12.0. The first kappa shape index (κ1) is 19.5. The molecule has 2 aromatic carbocycles. The molecule has 3 rings (SSSR count). The number of thiazole rings is 1. The van der Waals surface area contributed by atoms with E-state index < -0.39 is 10.8 Å². The van der Waals surface area contributed by atoms with Gasteiger partial charge in [-0.3, -0.25) is 14.9 Å². The van der Waals surface area contributed by atoms with Crippen molar-refractivity contribution in [2.24, 2.45) is 4.99 Å². The Balaban J connectivity index is 1.93. The van der Waals surface area contributed by atoms with E-state index in [1.54, 1.807) is 25.3 Å². The van der Waals surface area contributed by atoms with Crippen molar-refractivity contribution in [2.45, 2.75) is 19.9 Å². The maximum atomic E-state index is 12.3. The van der Waals surface area contributed by atoms with E-state index in [1.807, 2.05) is 22.8 Å². The summed E-state index contributed by atoms with van der Waals surface area (Å²) in [7, 11) is 1.62. The molecule has 0 unspecified atom stereocenters. The molecular weight excluding hydrogens is 378 g/mol. The zero-order valence-corrected chi connectivity index (χ0v) is 16.3. The van der Waals surface area contributed by atoms with Crippen LogP contribution in [-0.4, -0.2) is 22.5 Å². The van der Waals surface area contributed by atoms with Crippen molar-refractivity contribution >= 4 is 39.2 Å². The summed E-state index contributed by atoms with van der Waals surface area (Å²) in [6, 6.07) is 11.7. The number of amides is 1. The summed E-state index contributed by atoms with van der Waals surface area (Å²) in [4.78, 5) is 27.4. The smallest absolute Gasteiger partial charge is 0.272 e. The summed E-state index contributed by atoms with van der Waals surface area (Å²) >= 11 is 1.44. The number of aryl methyl sites for hydroxylation is 1. The average molecular weight is 397 g/mol. The number of hydrogen-bond acceptors (Lipinski definition) is 5. The van der Waals surface area contributed by atoms with E-state index in [0.29, 0.717) is 10.4 Å². The number of nitrogens with zero attached hydrogens (tertiary/aromatic N) is 3. The number of methoxy groups -OCH3 is 1. The lowest BCUT2D eigenvalue weighted by molar-refractivity contribution is -0.384. The van der Waals surface area contributed by atoms with E-state index in [-0.39, 0.29) is 5.69 Å². The highest BCUT2D eigenvalue weighted by molar-refractivity contribution is 7.16. The SMILES string of the molecule is CCCn1c(=NC(=O)C=Cc2ccc([N+](=O)[O-])cc2)sc2cccc(OC)c21. The Bertz CT molecular complexity index is 1110. The third-order valence-corrected chi connectivity index (χ3v) is 5.10. The summed E-state index contributed by atoms with van der Waals surface area (Å²) in [6.07, 6.45) is 3.84. The number of hydrogen-bond donors (Lipinski definition) is 0. The van der Waals surface area contributed by atoms with E-state index in [0.717, 1.165) is 28.9 Å². The van der Waals surface area contributed by atoms with Crippen molar-refractivity contribution in [2.75, 3.05) is 7.11 Å². The van der Waals surface area contributed by atoms with Crippen LogP contribution < -0.4 is 9.54 Å². The predicted molar refractivity (Wildman–Crippen MR) is 109 cm³/mol. The van der Waals surface area contributed by atoms with E-state index in [9.17, 15) is 14.9 Å². The Morgan fingerprint density at radius 3 is 2.68 bits per heavy atom. The number of benzene rings is 2. The standard InChI is InChI=1S/C20H19N3O4S/c1-3-13-22-19-16(27-2)5-4-6-17(19)28-20(22)21-18(24)12-9-14-7-10-15(11-8-14)23(25)26/h4-12H,3,13H2,1-2H3. The summed E-state index contributed by atoms with van der Waals surface area (Å²) in [5, 5.41) is 10.7. The molecule has 0 atom stereocenters. The minimum Gasteiger partial charge on any atom is -0.495 e. The van der Waals surface area contributed by atoms with Crippen molar-refractivity contribution in [3.05, 3.63) is 69.0 Å². The second-order valence-corrected chi connectivity index (χ2v) is 6.98. The molecule has 0 N–H and O–H groups in total. The number of rotatable bonds is 6. The van der Waals surface area contributed by atoms with Crippen molar-refractivity contribution in [3.63, 3.8) is 0 Å². The van der Waals surface area contributed by atoms with Crippen LogP contribution in [0.3, 0.4) is 0 Å². The second kappa shape index (κ2) is 8.62. The highest BCUT2D eigenvalue weighted by atomic mass is 32.1. The number of carbonyl (C=O) groups excluding carboxylic acids is 1. The average Bonchev–Trinajstić information content (AvgIpc) is 3.04. The van der Waals surface area contributed by atoms with Gasteiger partial charge >= 0.3 is 0 Å². The van der Waals surface area contributed by atoms with Gasteiger partial charge in [0, 0.05) is 24.8 Å². The molecule has 1 heterocycles. The zero-order valence-electron chi connectivity index (χ0n) is 15.5. The van der Waals surface area contributed by atoms with Crippen LogP contribution in [0.1, 0.15) is 18.9 Å². The zero-order chi connectivity index (χ0) is 20.1. The number of nitro groups is 1. The molecule has 0 radical (unpaired) electrons. The fraction of sp³-hybridized carbons (Fsp3) is 0.200. The van der Waals surface area contributed by atoms with Crippen LogP contribution in [0.2, 0.25) is 0 Å². The van der Waals surface area contributed by atoms with Gasteiger partial charge in [-0.2, -0.15) is 4.99 Å². The molecule has 144 valence electrons. The molecule has 28 heavy (non-hydrogen) atoms. The summed E-state index contributed by atoms with van der Waals surface area (Å²) in [5.74, 6) is 0.353. The Morgan fingerprint density at radius 1 is 1.29 bits per heavy atom. The summed E-state index contributed by atoms with van der Waals surface area (Å²) in [6.45, 7) is 2.78. The number of ether oxygens (including phenoxy) is 1. The van der Waals surface area contributed by atoms with Crippen LogP contribution in [-0.2, 0) is 11.3 Å². The molecular formula is C20H19N3O4S. The first-order valence-corrected chi connectivity index (χ1v) is 9.52. The van der Waals surface area contributed by atoms with Gasteiger partial charge in [0.15, 0.2) is 4.80 Å². The molecule has 1 aromatic heterocycles. The van der Waals surface area contributed by atoms with Gasteiger partial charge in [0.2, 0.25) is 0 Å². The number of fused-ring (bicyclic) bond motifs is 1. The van der Waals surface area contributed by atoms with Crippen LogP contribution in [0.25, 0.3) is 16.3 Å². The van der Waals surface area contributed by atoms with E-state index in [1.165, 1.54) is 29.5 Å². The minimum absolute atomic E-state index is 0.00740. The van der Waals surface area contributed by atoms with Crippen molar-refractivity contribution < 1.29 is 14.5 Å². The lowest BCUT2D eigenvalue weighted by Gasteiger charge is -2.06. The lowest BCUT2D eigenvalue weighted by Crippen LogP contribution is -2.16. The largest absolute Gasteiger partial charge is 0.495 e. The molecule has 0 saturated carbocycles. The van der Waals surface area contributed by atoms with E-state index in [4.69, 9.17) is 4.74 Å². The van der Waals surface area contributed by atoms with Gasteiger partial charge in [0.25, 0.3) is 11.6 Å². The topological polar surface area (TPSA) is 86.7 Å². The van der Waals surface area contributed by atoms with E-state index in [2.05, 4.69) is 11.9 Å². The molecule has 0 fully saturated rings. The highest BCUT2D eigenvalue weighted by Crippen LogP contribution is 2.27. The van der Waals surface area contributed by atoms with Crippen LogP contribution in [0, 0.1) is 10.1 Å². The highest BCUT2D eigenvalue weighted by Gasteiger charge is 2.11.